The van der Waals surface area contributed by atoms with E-state index in [1.807, 2.05) is 26.0 Å². The highest BCUT2D eigenvalue weighted by Gasteiger charge is 2.26. The molecule has 1 aromatic rings. The lowest BCUT2D eigenvalue weighted by atomic mass is 9.95. The Morgan fingerprint density at radius 3 is 3.00 bits per heavy atom. The van der Waals surface area contributed by atoms with E-state index < -0.39 is 6.10 Å². The summed E-state index contributed by atoms with van der Waals surface area (Å²) in [6.45, 7) is 5.29. The third-order valence-electron chi connectivity index (χ3n) is 3.94. The SMILES string of the molecule is CCOc1cc2c(cc1C(O)C1=COCCC1)OC(C)C2. The number of aliphatic hydroxyl groups is 1. The molecule has 2 atom stereocenters. The third-order valence-corrected chi connectivity index (χ3v) is 3.94. The molecule has 21 heavy (non-hydrogen) atoms. The summed E-state index contributed by atoms with van der Waals surface area (Å²) in [5, 5.41) is 10.7. The van der Waals surface area contributed by atoms with E-state index in [0.29, 0.717) is 6.61 Å². The molecule has 3 rings (SSSR count). The molecule has 0 saturated heterocycles. The lowest BCUT2D eigenvalue weighted by Crippen LogP contribution is -2.10. The van der Waals surface area contributed by atoms with Gasteiger partial charge in [-0.25, -0.2) is 0 Å². The molecule has 0 saturated carbocycles. The summed E-state index contributed by atoms with van der Waals surface area (Å²) in [5.41, 5.74) is 2.81. The first-order valence-corrected chi connectivity index (χ1v) is 7.64. The van der Waals surface area contributed by atoms with Crippen LogP contribution in [-0.4, -0.2) is 24.4 Å². The van der Waals surface area contributed by atoms with Crippen LogP contribution in [-0.2, 0) is 11.2 Å². The van der Waals surface area contributed by atoms with E-state index in [9.17, 15) is 5.11 Å². The van der Waals surface area contributed by atoms with Crippen LogP contribution in [0, 0.1) is 0 Å². The zero-order valence-corrected chi connectivity index (χ0v) is 12.6. The van der Waals surface area contributed by atoms with Gasteiger partial charge < -0.3 is 19.3 Å². The summed E-state index contributed by atoms with van der Waals surface area (Å²) in [5.74, 6) is 1.60. The van der Waals surface area contributed by atoms with Crippen LogP contribution >= 0.6 is 0 Å². The minimum absolute atomic E-state index is 0.180. The second-order valence-corrected chi connectivity index (χ2v) is 5.63. The molecule has 2 heterocycles. The van der Waals surface area contributed by atoms with Crippen molar-refractivity contribution in [2.75, 3.05) is 13.2 Å². The van der Waals surface area contributed by atoms with Crippen LogP contribution in [0.25, 0.3) is 0 Å². The molecular weight excluding hydrogens is 268 g/mol. The van der Waals surface area contributed by atoms with Crippen LogP contribution in [0.1, 0.15) is 43.9 Å². The zero-order valence-electron chi connectivity index (χ0n) is 12.6. The molecule has 2 aliphatic heterocycles. The van der Waals surface area contributed by atoms with Crippen LogP contribution in [0.3, 0.4) is 0 Å². The highest BCUT2D eigenvalue weighted by molar-refractivity contribution is 5.51. The summed E-state index contributed by atoms with van der Waals surface area (Å²) in [4.78, 5) is 0. The largest absolute Gasteiger partial charge is 0.501 e. The zero-order chi connectivity index (χ0) is 14.8. The van der Waals surface area contributed by atoms with E-state index >= 15 is 0 Å². The maximum Gasteiger partial charge on any atom is 0.125 e. The Morgan fingerprint density at radius 2 is 2.29 bits per heavy atom. The number of ether oxygens (including phenoxy) is 3. The van der Waals surface area contributed by atoms with Crippen LogP contribution in [0.5, 0.6) is 11.5 Å². The van der Waals surface area contributed by atoms with Gasteiger partial charge >= 0.3 is 0 Å². The van der Waals surface area contributed by atoms with Gasteiger partial charge in [0.25, 0.3) is 0 Å². The molecule has 4 heteroatoms. The first-order valence-electron chi connectivity index (χ1n) is 7.64. The fraction of sp³-hybridized carbons (Fsp3) is 0.529. The third kappa shape index (κ3) is 2.86. The van der Waals surface area contributed by atoms with Gasteiger partial charge in [-0.15, -0.1) is 0 Å². The first kappa shape index (κ1) is 14.3. The van der Waals surface area contributed by atoms with Crippen molar-refractivity contribution in [3.8, 4) is 11.5 Å². The molecule has 114 valence electrons. The van der Waals surface area contributed by atoms with Crippen molar-refractivity contribution in [1.82, 2.24) is 0 Å². The van der Waals surface area contributed by atoms with Crippen molar-refractivity contribution >= 4 is 0 Å². The van der Waals surface area contributed by atoms with Gasteiger partial charge in [0.15, 0.2) is 0 Å². The van der Waals surface area contributed by atoms with Crippen molar-refractivity contribution in [2.24, 2.45) is 0 Å². The van der Waals surface area contributed by atoms with Crippen molar-refractivity contribution in [1.29, 1.82) is 0 Å². The molecule has 0 bridgehead atoms. The minimum Gasteiger partial charge on any atom is -0.501 e. The highest BCUT2D eigenvalue weighted by Crippen LogP contribution is 2.40. The Kier molecular flexibility index (Phi) is 4.06. The summed E-state index contributed by atoms with van der Waals surface area (Å²) in [7, 11) is 0. The van der Waals surface area contributed by atoms with Gasteiger partial charge in [0.1, 0.15) is 23.7 Å². The van der Waals surface area contributed by atoms with E-state index in [0.717, 1.165) is 54.1 Å². The molecule has 1 N–H and O–H groups in total. The normalized spacial score (nSPS) is 21.9. The van der Waals surface area contributed by atoms with Gasteiger partial charge in [0.2, 0.25) is 0 Å². The van der Waals surface area contributed by atoms with Gasteiger partial charge in [-0.1, -0.05) is 0 Å². The van der Waals surface area contributed by atoms with E-state index in [1.165, 1.54) is 0 Å². The Bertz CT molecular complexity index is 550. The highest BCUT2D eigenvalue weighted by atomic mass is 16.5. The average molecular weight is 290 g/mol. The number of aliphatic hydroxyl groups excluding tert-OH is 1. The quantitative estimate of drug-likeness (QED) is 0.925. The Labute approximate surface area is 125 Å². The Hall–Kier alpha value is -1.68. The first-order chi connectivity index (χ1) is 10.2. The van der Waals surface area contributed by atoms with Gasteiger partial charge in [-0.05, 0) is 44.4 Å². The molecule has 4 nitrogen and oxygen atoms in total. The predicted molar refractivity (Wildman–Crippen MR) is 79.6 cm³/mol. The fourth-order valence-corrected chi connectivity index (χ4v) is 2.93. The average Bonchev–Trinajstić information content (AvgIpc) is 2.86. The molecule has 2 aliphatic rings. The smallest absolute Gasteiger partial charge is 0.125 e. The lowest BCUT2D eigenvalue weighted by molar-refractivity contribution is 0.166. The molecular formula is C17H22O4. The molecule has 1 aromatic carbocycles. The number of hydrogen-bond donors (Lipinski definition) is 1. The van der Waals surface area contributed by atoms with Crippen LogP contribution in [0.4, 0.5) is 0 Å². The molecule has 0 aliphatic carbocycles. The van der Waals surface area contributed by atoms with E-state index in [2.05, 4.69) is 0 Å². The summed E-state index contributed by atoms with van der Waals surface area (Å²) in [6, 6.07) is 3.93. The van der Waals surface area contributed by atoms with Crippen molar-refractivity contribution < 1.29 is 19.3 Å². The molecule has 2 unspecified atom stereocenters. The summed E-state index contributed by atoms with van der Waals surface area (Å²) >= 11 is 0. The van der Waals surface area contributed by atoms with Crippen molar-refractivity contribution in [2.45, 2.75) is 45.3 Å². The van der Waals surface area contributed by atoms with E-state index in [-0.39, 0.29) is 6.10 Å². The number of rotatable bonds is 4. The molecule has 0 fully saturated rings. The number of benzene rings is 1. The fourth-order valence-electron chi connectivity index (χ4n) is 2.93. The summed E-state index contributed by atoms with van der Waals surface area (Å²) in [6.07, 6.45) is 3.83. The van der Waals surface area contributed by atoms with Crippen LogP contribution in [0.15, 0.2) is 24.0 Å². The Morgan fingerprint density at radius 1 is 1.43 bits per heavy atom. The lowest BCUT2D eigenvalue weighted by Gasteiger charge is -2.22. The summed E-state index contributed by atoms with van der Waals surface area (Å²) < 4.78 is 16.9. The molecule has 0 amide bonds. The Balaban J connectivity index is 1.96. The minimum atomic E-state index is -0.698. The monoisotopic (exact) mass is 290 g/mol. The van der Waals surface area contributed by atoms with Gasteiger partial charge in [-0.3, -0.25) is 0 Å². The van der Waals surface area contributed by atoms with Crippen molar-refractivity contribution in [3.05, 3.63) is 35.1 Å². The number of hydrogen-bond acceptors (Lipinski definition) is 4. The standard InChI is InChI=1S/C17H22O4/c1-3-20-16-8-13-7-11(2)21-15(13)9-14(16)17(18)12-5-4-6-19-10-12/h8-11,17-18H,3-7H2,1-2H3. The van der Waals surface area contributed by atoms with Crippen LogP contribution < -0.4 is 9.47 Å². The molecule has 0 aromatic heterocycles. The maximum atomic E-state index is 10.7. The predicted octanol–water partition coefficient (Wildman–Crippen LogP) is 3.14. The van der Waals surface area contributed by atoms with Gasteiger partial charge in [-0.2, -0.15) is 0 Å². The maximum absolute atomic E-state index is 10.7. The second kappa shape index (κ2) is 5.98. The van der Waals surface area contributed by atoms with Crippen molar-refractivity contribution in [3.63, 3.8) is 0 Å². The van der Waals surface area contributed by atoms with Gasteiger partial charge in [0.05, 0.1) is 19.5 Å². The molecule has 0 radical (unpaired) electrons. The van der Waals surface area contributed by atoms with E-state index in [1.54, 1.807) is 6.26 Å². The topological polar surface area (TPSA) is 47.9 Å². The second-order valence-electron chi connectivity index (χ2n) is 5.63. The molecule has 0 spiro atoms. The van der Waals surface area contributed by atoms with Gasteiger partial charge in [0, 0.05) is 17.5 Å². The van der Waals surface area contributed by atoms with Crippen LogP contribution in [0.2, 0.25) is 0 Å². The van der Waals surface area contributed by atoms with E-state index in [4.69, 9.17) is 14.2 Å². The number of fused-ring (bicyclic) bond motifs is 1.